The molecule has 27 heavy (non-hydrogen) atoms. The lowest BCUT2D eigenvalue weighted by atomic mass is 10.2. The van der Waals surface area contributed by atoms with Crippen molar-refractivity contribution in [1.29, 1.82) is 0 Å². The second kappa shape index (κ2) is 8.83. The minimum Gasteiger partial charge on any atom is -0.356 e. The lowest BCUT2D eigenvalue weighted by Gasteiger charge is -2.08. The van der Waals surface area contributed by atoms with Crippen LogP contribution >= 0.6 is 0 Å². The van der Waals surface area contributed by atoms with Crippen LogP contribution in [0.15, 0.2) is 71.8 Å². The molecule has 0 saturated carbocycles. The Labute approximate surface area is 159 Å². The van der Waals surface area contributed by atoms with Crippen LogP contribution in [0.5, 0.6) is 0 Å². The number of aromatic nitrogens is 1. The van der Waals surface area contributed by atoms with Gasteiger partial charge in [-0.15, -0.1) is 0 Å². The fourth-order valence-electron chi connectivity index (χ4n) is 2.88. The van der Waals surface area contributed by atoms with Crippen LogP contribution in [0.4, 0.5) is 0 Å². The Morgan fingerprint density at radius 1 is 0.926 bits per heavy atom. The zero-order chi connectivity index (χ0) is 19.1. The van der Waals surface area contributed by atoms with Gasteiger partial charge in [0.1, 0.15) is 0 Å². The number of benzene rings is 2. The number of fused-ring (bicyclic) bond motifs is 1. The predicted molar refractivity (Wildman–Crippen MR) is 106 cm³/mol. The molecule has 0 aliphatic rings. The SMILES string of the molecule is O=C(CCNS(=O)(=O)c1ccccc1)NCCCn1ccc2ccccc21. The van der Waals surface area contributed by atoms with Gasteiger partial charge in [-0.25, -0.2) is 13.1 Å². The molecule has 3 aromatic rings. The molecule has 2 aromatic carbocycles. The summed E-state index contributed by atoms with van der Waals surface area (Å²) in [4.78, 5) is 12.1. The number of carbonyl (C=O) groups excluding carboxylic acids is 1. The second-order valence-corrected chi connectivity index (χ2v) is 8.00. The first kappa shape index (κ1) is 19.1. The van der Waals surface area contributed by atoms with E-state index in [4.69, 9.17) is 0 Å². The lowest BCUT2D eigenvalue weighted by Crippen LogP contribution is -2.31. The van der Waals surface area contributed by atoms with E-state index < -0.39 is 10.0 Å². The van der Waals surface area contributed by atoms with Crippen LogP contribution in [0.25, 0.3) is 10.9 Å². The molecule has 0 bridgehead atoms. The van der Waals surface area contributed by atoms with Crippen LogP contribution in [-0.2, 0) is 21.4 Å². The van der Waals surface area contributed by atoms with Crippen molar-refractivity contribution in [3.05, 3.63) is 66.9 Å². The van der Waals surface area contributed by atoms with Gasteiger partial charge in [-0.2, -0.15) is 0 Å². The Kier molecular flexibility index (Phi) is 6.26. The summed E-state index contributed by atoms with van der Waals surface area (Å²) in [5.41, 5.74) is 1.18. The van der Waals surface area contributed by atoms with Crippen LogP contribution in [0.2, 0.25) is 0 Å². The predicted octanol–water partition coefficient (Wildman–Crippen LogP) is 2.52. The van der Waals surface area contributed by atoms with Crippen molar-refractivity contribution in [3.8, 4) is 0 Å². The van der Waals surface area contributed by atoms with Gasteiger partial charge in [0.15, 0.2) is 0 Å². The summed E-state index contributed by atoms with van der Waals surface area (Å²) in [7, 11) is -3.56. The molecule has 2 N–H and O–H groups in total. The Hall–Kier alpha value is -2.64. The molecular weight excluding hydrogens is 362 g/mol. The minimum absolute atomic E-state index is 0.0747. The lowest BCUT2D eigenvalue weighted by molar-refractivity contribution is -0.120. The summed E-state index contributed by atoms with van der Waals surface area (Å²) < 4.78 is 28.7. The molecule has 0 aliphatic carbocycles. The molecule has 0 fully saturated rings. The molecule has 0 radical (unpaired) electrons. The van der Waals surface area contributed by atoms with Gasteiger partial charge in [0.2, 0.25) is 15.9 Å². The van der Waals surface area contributed by atoms with Gasteiger partial charge in [-0.3, -0.25) is 4.79 Å². The maximum Gasteiger partial charge on any atom is 0.240 e. The number of rotatable bonds is 9. The monoisotopic (exact) mass is 385 g/mol. The third-order valence-corrected chi connectivity index (χ3v) is 5.75. The summed E-state index contributed by atoms with van der Waals surface area (Å²) in [6.07, 6.45) is 2.96. The van der Waals surface area contributed by atoms with Gasteiger partial charge in [0, 0.05) is 37.8 Å². The van der Waals surface area contributed by atoms with Crippen molar-refractivity contribution in [2.75, 3.05) is 13.1 Å². The summed E-state index contributed by atoms with van der Waals surface area (Å²) in [6, 6.07) is 18.4. The number of carbonyl (C=O) groups is 1. The first-order valence-electron chi connectivity index (χ1n) is 8.91. The quantitative estimate of drug-likeness (QED) is 0.556. The number of amides is 1. The van der Waals surface area contributed by atoms with Gasteiger partial charge < -0.3 is 9.88 Å². The van der Waals surface area contributed by atoms with Crippen LogP contribution in [0, 0.1) is 0 Å². The van der Waals surface area contributed by atoms with Crippen LogP contribution in [0.1, 0.15) is 12.8 Å². The molecule has 0 atom stereocenters. The van der Waals surface area contributed by atoms with E-state index in [-0.39, 0.29) is 23.8 Å². The van der Waals surface area contributed by atoms with Gasteiger partial charge in [0.05, 0.1) is 4.90 Å². The van der Waals surface area contributed by atoms with E-state index in [1.807, 2.05) is 18.3 Å². The highest BCUT2D eigenvalue weighted by Gasteiger charge is 2.13. The van der Waals surface area contributed by atoms with Crippen molar-refractivity contribution in [3.63, 3.8) is 0 Å². The number of para-hydroxylation sites is 1. The van der Waals surface area contributed by atoms with E-state index in [1.165, 1.54) is 23.0 Å². The van der Waals surface area contributed by atoms with E-state index in [2.05, 4.69) is 32.8 Å². The van der Waals surface area contributed by atoms with E-state index >= 15 is 0 Å². The molecule has 0 spiro atoms. The van der Waals surface area contributed by atoms with E-state index in [1.54, 1.807) is 18.2 Å². The van der Waals surface area contributed by atoms with Crippen LogP contribution < -0.4 is 10.0 Å². The summed E-state index contributed by atoms with van der Waals surface area (Å²) >= 11 is 0. The highest BCUT2D eigenvalue weighted by atomic mass is 32.2. The van der Waals surface area contributed by atoms with Gasteiger partial charge in [-0.1, -0.05) is 36.4 Å². The number of nitrogens with zero attached hydrogens (tertiary/aromatic N) is 1. The highest BCUT2D eigenvalue weighted by molar-refractivity contribution is 7.89. The maximum atomic E-state index is 12.1. The molecule has 0 unspecified atom stereocenters. The normalized spacial score (nSPS) is 11.6. The van der Waals surface area contributed by atoms with Gasteiger partial charge in [-0.05, 0) is 36.1 Å². The van der Waals surface area contributed by atoms with Crippen molar-refractivity contribution in [1.82, 2.24) is 14.6 Å². The molecule has 0 aliphatic heterocycles. The molecule has 1 heterocycles. The van der Waals surface area contributed by atoms with E-state index in [0.29, 0.717) is 6.54 Å². The van der Waals surface area contributed by atoms with Gasteiger partial charge in [0.25, 0.3) is 0 Å². The first-order valence-corrected chi connectivity index (χ1v) is 10.4. The van der Waals surface area contributed by atoms with E-state index in [0.717, 1.165) is 13.0 Å². The summed E-state index contributed by atoms with van der Waals surface area (Å²) in [5, 5.41) is 4.03. The number of aryl methyl sites for hydroxylation is 1. The van der Waals surface area contributed by atoms with Crippen molar-refractivity contribution >= 4 is 26.8 Å². The Balaban J connectivity index is 1.36. The molecule has 7 heteroatoms. The molecule has 1 amide bonds. The van der Waals surface area contributed by atoms with Crippen LogP contribution in [-0.4, -0.2) is 32.0 Å². The molecule has 1 aromatic heterocycles. The zero-order valence-electron chi connectivity index (χ0n) is 15.0. The van der Waals surface area contributed by atoms with E-state index in [9.17, 15) is 13.2 Å². The Morgan fingerprint density at radius 3 is 2.48 bits per heavy atom. The molecular formula is C20H23N3O3S. The molecule has 142 valence electrons. The number of sulfonamides is 1. The van der Waals surface area contributed by atoms with Crippen LogP contribution in [0.3, 0.4) is 0 Å². The van der Waals surface area contributed by atoms with Crippen molar-refractivity contribution in [2.24, 2.45) is 0 Å². The molecule has 3 rings (SSSR count). The molecule has 6 nitrogen and oxygen atoms in total. The molecule has 0 saturated heterocycles. The van der Waals surface area contributed by atoms with Crippen molar-refractivity contribution in [2.45, 2.75) is 24.3 Å². The maximum absolute atomic E-state index is 12.1. The number of nitrogens with one attached hydrogen (secondary N) is 2. The fourth-order valence-corrected chi connectivity index (χ4v) is 3.94. The third kappa shape index (κ3) is 5.18. The van der Waals surface area contributed by atoms with Gasteiger partial charge >= 0.3 is 0 Å². The number of hydrogen-bond acceptors (Lipinski definition) is 3. The average molecular weight is 385 g/mol. The second-order valence-electron chi connectivity index (χ2n) is 6.23. The standard InChI is InChI=1S/C20H23N3O3S/c24-20(11-14-22-27(25,26)18-8-2-1-3-9-18)21-13-6-15-23-16-12-17-7-4-5-10-19(17)23/h1-5,7-10,12,16,22H,6,11,13-15H2,(H,21,24). The topological polar surface area (TPSA) is 80.2 Å². The largest absolute Gasteiger partial charge is 0.356 e. The number of hydrogen-bond donors (Lipinski definition) is 2. The smallest absolute Gasteiger partial charge is 0.240 e. The Morgan fingerprint density at radius 2 is 1.67 bits per heavy atom. The zero-order valence-corrected chi connectivity index (χ0v) is 15.8. The average Bonchev–Trinajstić information content (AvgIpc) is 3.09. The summed E-state index contributed by atoms with van der Waals surface area (Å²) in [5.74, 6) is -0.164. The minimum atomic E-state index is -3.56. The van der Waals surface area contributed by atoms with Crippen molar-refractivity contribution < 1.29 is 13.2 Å². The first-order chi connectivity index (χ1) is 13.1. The Bertz CT molecular complexity index is 997. The summed E-state index contributed by atoms with van der Waals surface area (Å²) in [6.45, 7) is 1.44. The third-order valence-electron chi connectivity index (χ3n) is 4.28. The highest BCUT2D eigenvalue weighted by Crippen LogP contribution is 2.15. The fraction of sp³-hybridized carbons (Fsp3) is 0.250.